The second kappa shape index (κ2) is 37.1. The Hall–Kier alpha value is -5.31. The molecule has 0 spiro atoms. The fourth-order valence-corrected chi connectivity index (χ4v) is 14.1. The summed E-state index contributed by atoms with van der Waals surface area (Å²) < 4.78 is 124. The number of hydrogen-bond acceptors (Lipinski definition) is 30. The lowest BCUT2D eigenvalue weighted by Crippen LogP contribution is -2.46. The molecule has 2 fully saturated rings. The first-order valence-corrected chi connectivity index (χ1v) is 38.7. The molecular weight excluding hydrogens is 1610 g/mol. The number of nitrogens with zero attached hydrogens (tertiary/aromatic N) is 2. The lowest BCUT2D eigenvalue weighted by Gasteiger charge is -2.25. The van der Waals surface area contributed by atoms with Crippen LogP contribution in [0.25, 0.3) is 0 Å². The third-order valence-electron chi connectivity index (χ3n) is 10.7. The predicted octanol–water partition coefficient (Wildman–Crippen LogP) is 1.22. The number of rotatable bonds is 26. The maximum Gasteiger partial charge on any atom is 0.490 e. The monoisotopic (exact) mass is 1680 g/mol. The van der Waals surface area contributed by atoms with Crippen LogP contribution in [0.5, 0.6) is 0 Å². The Bertz CT molecular complexity index is 3990. The molecule has 44 nitrogen and oxygen atoms in total. The van der Waals surface area contributed by atoms with E-state index in [0.29, 0.717) is 4.57 Å². The molecule has 0 aliphatic carbocycles. The molecule has 0 bridgehead atoms. The Morgan fingerprint density at radius 2 is 0.911 bits per heavy atom. The van der Waals surface area contributed by atoms with E-state index >= 15 is 0 Å². The molecule has 2 aromatic rings. The summed E-state index contributed by atoms with van der Waals surface area (Å²) in [5, 5.41) is 25.0. The molecule has 6 unspecified atom stereocenters. The van der Waals surface area contributed by atoms with Gasteiger partial charge in [-0.1, -0.05) is 11.8 Å². The van der Waals surface area contributed by atoms with E-state index in [1.54, 1.807) is 106 Å². The number of aliphatic hydroxyl groups excluding tert-OH is 2. The zero-order valence-electron chi connectivity index (χ0n) is 55.4. The van der Waals surface area contributed by atoms with Gasteiger partial charge in [-0.2, -0.15) is 17.2 Å². The van der Waals surface area contributed by atoms with Gasteiger partial charge in [0.25, 0.3) is 11.1 Å². The van der Waals surface area contributed by atoms with Crippen LogP contribution < -0.4 is 33.1 Å². The molecule has 0 aromatic carbocycles. The Morgan fingerprint density at radius 1 is 0.564 bits per heavy atom. The summed E-state index contributed by atoms with van der Waals surface area (Å²) in [6, 6.07) is -2.48. The molecule has 572 valence electrons. The lowest BCUT2D eigenvalue weighted by atomic mass is 10.1. The quantitative estimate of drug-likeness (QED) is 0.0207. The number of terminal acetylenes is 1. The van der Waals surface area contributed by atoms with Crippen LogP contribution in [-0.2, 0) is 111 Å². The summed E-state index contributed by atoms with van der Waals surface area (Å²) in [5.41, 5.74) is -7.17. The van der Waals surface area contributed by atoms with E-state index in [1.165, 1.54) is 0 Å². The first kappa shape index (κ1) is 91.8. The van der Waals surface area contributed by atoms with Gasteiger partial charge in [0.05, 0.1) is 16.4 Å². The standard InChI is InChI=1S/C25H38N3O19P3.C17H27NO5.C8H12IN2O14P3/c1-24(2,3)43-19(31)11-15(21(33)44-25(4,5)6)26-17(30)10-8-7-9-14-13-28(23(34)27-20(14)32)18-12-16(29)22(42-18)45-49(38,39)47-50(40,41)46-48(35,36)37;1-8-9-10-13(19)18-12(15(21)23-17(5,6)7)11-14(20)22-16(2,3)4;9-3-2-11(8(14)10-6(3)13)5-1-4(12)7(22-5)23-27(18,19)25-28(20,21)24-26(15,16)17/h13,15-16,18,22,29H,8,10-12H2,1-6H3,(H,26,30)(H,38,39)(H,40,41)(H,27,32,34)(H2,35,36,37);1,12H,9-11H2,2-7H3,(H,18,19);2,4-5,7,12H,1H2,(H,18,19)(H,20,21)(H,10,13,14)(H2,15,16,17)/t15?,16-,18-,22-;;4-,5-,7-/m1.1/s1. The van der Waals surface area contributed by atoms with Crippen molar-refractivity contribution in [2.45, 2.75) is 206 Å². The van der Waals surface area contributed by atoms with Gasteiger partial charge in [0, 0.05) is 50.9 Å². The number of esters is 4. The molecule has 101 heavy (non-hydrogen) atoms. The average molecular weight is 1680 g/mol. The van der Waals surface area contributed by atoms with Crippen molar-refractivity contribution in [3.05, 3.63) is 63.2 Å². The smallest absolute Gasteiger partial charge is 0.460 e. The maximum atomic E-state index is 12.7. The number of carbonyl (C=O) groups excluding carboxylic acids is 6. The van der Waals surface area contributed by atoms with Crippen LogP contribution in [0, 0.1) is 27.8 Å². The highest BCUT2D eigenvalue weighted by Gasteiger charge is 2.48. The van der Waals surface area contributed by atoms with Crippen molar-refractivity contribution in [1.82, 2.24) is 29.7 Å². The van der Waals surface area contributed by atoms with Gasteiger partial charge in [-0.05, 0) is 106 Å². The fourth-order valence-electron chi connectivity index (χ4n) is 7.39. The summed E-state index contributed by atoms with van der Waals surface area (Å²) in [5.74, 6) is 3.29. The largest absolute Gasteiger partial charge is 0.490 e. The van der Waals surface area contributed by atoms with Gasteiger partial charge in [-0.25, -0.2) is 46.6 Å². The highest BCUT2D eigenvalue weighted by Crippen LogP contribution is 2.68. The van der Waals surface area contributed by atoms with Crippen molar-refractivity contribution in [2.75, 3.05) is 0 Å². The van der Waals surface area contributed by atoms with Crippen molar-refractivity contribution in [1.29, 1.82) is 0 Å². The van der Waals surface area contributed by atoms with Gasteiger partial charge in [-0.3, -0.25) is 56.9 Å². The van der Waals surface area contributed by atoms with Crippen LogP contribution in [0.1, 0.15) is 152 Å². The minimum atomic E-state index is -5.87. The third kappa shape index (κ3) is 37.3. The van der Waals surface area contributed by atoms with E-state index in [4.69, 9.17) is 59.3 Å². The lowest BCUT2D eigenvalue weighted by molar-refractivity contribution is -0.165. The zero-order chi connectivity index (χ0) is 78.2. The van der Waals surface area contributed by atoms with Gasteiger partial charge in [-0.15, -0.1) is 12.3 Å². The molecule has 2 saturated heterocycles. The topological polar surface area (TPSA) is 652 Å². The fraction of sp³-hybridized carbons (Fsp3) is 0.640. The minimum Gasteiger partial charge on any atom is -0.460 e. The number of nitrogens with one attached hydrogen (secondary N) is 4. The number of phosphoric acid groups is 6. The van der Waals surface area contributed by atoms with E-state index in [2.05, 4.69) is 54.7 Å². The van der Waals surface area contributed by atoms with Crippen LogP contribution in [-0.4, -0.2) is 163 Å². The Balaban J connectivity index is 0.000000571. The molecule has 4 rings (SSSR count). The summed E-state index contributed by atoms with van der Waals surface area (Å²) in [4.78, 5) is 197. The number of aliphatic hydroxyl groups is 2. The number of aromatic amines is 2. The van der Waals surface area contributed by atoms with Crippen molar-refractivity contribution in [2.24, 2.45) is 0 Å². The van der Waals surface area contributed by atoms with Crippen molar-refractivity contribution < 1.29 is 160 Å². The first-order valence-electron chi connectivity index (χ1n) is 28.6. The number of carbonyl (C=O) groups is 6. The van der Waals surface area contributed by atoms with E-state index in [9.17, 15) is 100 Å². The molecule has 12 atom stereocenters. The van der Waals surface area contributed by atoms with Crippen LogP contribution >= 0.6 is 69.5 Å². The molecule has 0 radical (unpaired) electrons. The van der Waals surface area contributed by atoms with Gasteiger partial charge in [0.1, 0.15) is 64.7 Å². The van der Waals surface area contributed by atoms with E-state index in [0.717, 1.165) is 17.0 Å². The molecule has 51 heteroatoms. The molecule has 14 N–H and O–H groups in total. The van der Waals surface area contributed by atoms with Crippen molar-refractivity contribution in [3.8, 4) is 24.2 Å². The maximum absolute atomic E-state index is 12.7. The van der Waals surface area contributed by atoms with E-state index in [1.807, 2.05) is 9.97 Å². The first-order chi connectivity index (χ1) is 45.5. The highest BCUT2D eigenvalue weighted by molar-refractivity contribution is 14.1. The van der Waals surface area contributed by atoms with E-state index in [-0.39, 0.29) is 47.7 Å². The van der Waals surface area contributed by atoms with Crippen molar-refractivity contribution >= 4 is 105 Å². The number of amides is 2. The number of aromatic nitrogens is 4. The molecule has 4 heterocycles. The Labute approximate surface area is 586 Å². The third-order valence-corrected chi connectivity index (χ3v) is 19.1. The second-order valence-electron chi connectivity index (χ2n) is 24.7. The Morgan fingerprint density at radius 3 is 1.26 bits per heavy atom. The van der Waals surface area contributed by atoms with Crippen LogP contribution in [0.4, 0.5) is 0 Å². The van der Waals surface area contributed by atoms with Crippen molar-refractivity contribution in [3.63, 3.8) is 0 Å². The van der Waals surface area contributed by atoms with Crippen LogP contribution in [0.3, 0.4) is 0 Å². The van der Waals surface area contributed by atoms with Crippen LogP contribution in [0.2, 0.25) is 0 Å². The normalized spacial score (nSPS) is 20.9. The molecule has 2 amide bonds. The zero-order valence-corrected chi connectivity index (χ0v) is 62.9. The molecule has 2 aromatic heterocycles. The Kier molecular flexibility index (Phi) is 33.7. The summed E-state index contributed by atoms with van der Waals surface area (Å²) in [7, 11) is -34.1. The molecule has 2 aliphatic heterocycles. The molecule has 2 aliphatic rings. The van der Waals surface area contributed by atoms with Crippen LogP contribution in [0.15, 0.2) is 31.6 Å². The number of H-pyrrole nitrogens is 2. The summed E-state index contributed by atoms with van der Waals surface area (Å²) in [6.45, 7) is 19.9. The van der Waals surface area contributed by atoms with Gasteiger partial charge in [0.15, 0.2) is 12.6 Å². The highest BCUT2D eigenvalue weighted by atomic mass is 127. The number of halogens is 1. The van der Waals surface area contributed by atoms with Gasteiger partial charge < -0.3 is 88.4 Å². The summed E-state index contributed by atoms with van der Waals surface area (Å²) in [6.07, 6.45) is -5.01. The number of ether oxygens (including phenoxy) is 6. The number of hydrogen-bond donors (Lipinski definition) is 14. The second-order valence-corrected chi connectivity index (χ2v) is 34.6. The number of phosphoric ester groups is 2. The predicted molar refractivity (Wildman–Crippen MR) is 345 cm³/mol. The van der Waals surface area contributed by atoms with Gasteiger partial charge in [0.2, 0.25) is 11.8 Å². The SMILES string of the molecule is C#CCCC(=O)NC(CC(=O)OC(C)(C)C)C(=O)OC(C)(C)C.CC(C)(C)OC(=O)CC(NC(=O)CCC#Cc1cn([C@H]2C[C@@H](O)[C@@H](OP(=O)(O)OP(=O)(O)OP(=O)(O)O)O2)c(=O)[nH]c1=O)C(=O)OC(C)(C)C.O=c1[nH]c(=O)n([C@H]2C[C@@H](O)[C@@H](OP(=O)(O)OP(=O)(O)OP(=O)(O)O)O2)cc1I. The molecule has 0 saturated carbocycles. The van der Waals surface area contributed by atoms with Gasteiger partial charge >= 0.3 is 82.2 Å². The summed E-state index contributed by atoms with van der Waals surface area (Å²) >= 11 is 1.62. The molecular formula is C50H77IN6O38P6. The van der Waals surface area contributed by atoms with E-state index < -0.39 is 190 Å². The average Bonchev–Trinajstić information content (AvgIpc) is 1.69. The minimum absolute atomic E-state index is 0.0735.